The first kappa shape index (κ1) is 13.3. The molecule has 0 bridgehead atoms. The molecule has 0 spiro atoms. The van der Waals surface area contributed by atoms with Gasteiger partial charge in [-0.25, -0.2) is 0 Å². The van der Waals surface area contributed by atoms with Gasteiger partial charge in [-0.15, -0.1) is 0 Å². The average molecular weight is 255 g/mol. The molecule has 0 N–H and O–H groups in total. The molecule has 3 nitrogen and oxygen atoms in total. The lowest BCUT2D eigenvalue weighted by molar-refractivity contribution is -0.114. The molecule has 2 rings (SSSR count). The molecule has 0 fully saturated rings. The van der Waals surface area contributed by atoms with Gasteiger partial charge in [0.2, 0.25) is 0 Å². The second-order valence-corrected chi connectivity index (χ2v) is 4.75. The van der Waals surface area contributed by atoms with Crippen LogP contribution in [0.15, 0.2) is 53.9 Å². The van der Waals surface area contributed by atoms with Gasteiger partial charge in [-0.05, 0) is 26.0 Å². The Hall–Kier alpha value is -2.16. The van der Waals surface area contributed by atoms with E-state index in [1.165, 1.54) is 13.8 Å². The molecule has 1 aromatic carbocycles. The van der Waals surface area contributed by atoms with E-state index in [2.05, 4.69) is 0 Å². The van der Waals surface area contributed by atoms with Crippen molar-refractivity contribution >= 4 is 17.3 Å². The maximum absolute atomic E-state index is 11.7. The molecule has 1 heterocycles. The van der Waals surface area contributed by atoms with Crippen molar-refractivity contribution in [1.29, 1.82) is 0 Å². The van der Waals surface area contributed by atoms with Gasteiger partial charge < -0.3 is 4.90 Å². The van der Waals surface area contributed by atoms with Gasteiger partial charge in [0, 0.05) is 35.2 Å². The fraction of sp³-hybridized carbons (Fsp3) is 0.250. The number of allylic oxidation sites excluding steroid dienone is 2. The minimum atomic E-state index is -0.144. The van der Waals surface area contributed by atoms with Gasteiger partial charge in [-0.1, -0.05) is 25.1 Å². The van der Waals surface area contributed by atoms with Crippen LogP contribution < -0.4 is 4.90 Å². The lowest BCUT2D eigenvalue weighted by Crippen LogP contribution is -2.25. The van der Waals surface area contributed by atoms with E-state index in [9.17, 15) is 9.59 Å². The minimum absolute atomic E-state index is 0.000260. The van der Waals surface area contributed by atoms with Gasteiger partial charge >= 0.3 is 0 Å². The van der Waals surface area contributed by atoms with E-state index in [1.54, 1.807) is 0 Å². The first-order valence-electron chi connectivity index (χ1n) is 6.29. The Morgan fingerprint density at radius 2 is 1.42 bits per heavy atom. The molecule has 0 saturated carbocycles. The van der Waals surface area contributed by atoms with Crippen LogP contribution in [0.4, 0.5) is 5.69 Å². The third kappa shape index (κ3) is 2.65. The molecule has 0 atom stereocenters. The third-order valence-electron chi connectivity index (χ3n) is 3.36. The number of anilines is 1. The summed E-state index contributed by atoms with van der Waals surface area (Å²) in [5.41, 5.74) is 2.26. The van der Waals surface area contributed by atoms with Crippen molar-refractivity contribution in [2.75, 3.05) is 4.90 Å². The molecule has 0 unspecified atom stereocenters. The van der Waals surface area contributed by atoms with Crippen LogP contribution in [0.1, 0.15) is 20.8 Å². The Balaban J connectivity index is 2.48. The highest BCUT2D eigenvalue weighted by atomic mass is 16.1. The number of rotatable bonds is 3. The zero-order chi connectivity index (χ0) is 14.0. The summed E-state index contributed by atoms with van der Waals surface area (Å²) in [6.07, 6.45) is 3.63. The largest absolute Gasteiger partial charge is 0.323 e. The monoisotopic (exact) mass is 255 g/mol. The maximum atomic E-state index is 11.7. The minimum Gasteiger partial charge on any atom is -0.323 e. The highest BCUT2D eigenvalue weighted by molar-refractivity contribution is 6.01. The molecule has 19 heavy (non-hydrogen) atoms. The Morgan fingerprint density at radius 3 is 1.84 bits per heavy atom. The fourth-order valence-electron chi connectivity index (χ4n) is 2.27. The van der Waals surface area contributed by atoms with E-state index in [-0.39, 0.29) is 17.5 Å². The molecule has 0 radical (unpaired) electrons. The van der Waals surface area contributed by atoms with Crippen LogP contribution in [0.3, 0.4) is 0 Å². The predicted molar refractivity (Wildman–Crippen MR) is 75.6 cm³/mol. The zero-order valence-corrected chi connectivity index (χ0v) is 11.4. The summed E-state index contributed by atoms with van der Waals surface area (Å²) in [5, 5.41) is 0. The number of nitrogens with zero attached hydrogens (tertiary/aromatic N) is 1. The first-order chi connectivity index (χ1) is 9.00. The van der Waals surface area contributed by atoms with E-state index in [1.807, 2.05) is 54.6 Å². The SMILES string of the molecule is CC(=O)C1=CN(c2ccccc2)C=C(C(C)=O)C1C. The highest BCUT2D eigenvalue weighted by Gasteiger charge is 2.26. The van der Waals surface area contributed by atoms with Crippen molar-refractivity contribution in [2.45, 2.75) is 20.8 Å². The van der Waals surface area contributed by atoms with Crippen LogP contribution in [0.5, 0.6) is 0 Å². The third-order valence-corrected chi connectivity index (χ3v) is 3.36. The van der Waals surface area contributed by atoms with Crippen molar-refractivity contribution in [3.8, 4) is 0 Å². The number of Topliss-reactive ketones (excluding diaryl/α,β-unsaturated/α-hetero) is 2. The standard InChI is InChI=1S/C16H17NO2/c1-11-15(12(2)18)9-17(10-16(11)13(3)19)14-7-5-4-6-8-14/h4-11H,1-3H3. The lowest BCUT2D eigenvalue weighted by Gasteiger charge is -2.28. The number of ketones is 2. The molecule has 1 aliphatic heterocycles. The summed E-state index contributed by atoms with van der Waals surface area (Å²) in [6, 6.07) is 9.67. The Bertz CT molecular complexity index is 538. The molecular formula is C16H17NO2. The Kier molecular flexibility index (Phi) is 3.65. The molecule has 3 heteroatoms. The topological polar surface area (TPSA) is 37.4 Å². The summed E-state index contributed by atoms with van der Waals surface area (Å²) in [4.78, 5) is 25.3. The first-order valence-corrected chi connectivity index (χ1v) is 6.29. The number of benzene rings is 1. The van der Waals surface area contributed by atoms with Crippen LogP contribution in [0.2, 0.25) is 0 Å². The van der Waals surface area contributed by atoms with Crippen molar-refractivity contribution in [3.05, 3.63) is 53.9 Å². The van der Waals surface area contributed by atoms with E-state index in [0.717, 1.165) is 5.69 Å². The van der Waals surface area contributed by atoms with Crippen LogP contribution in [0, 0.1) is 5.92 Å². The van der Waals surface area contributed by atoms with Gasteiger partial charge in [-0.3, -0.25) is 9.59 Å². The van der Waals surface area contributed by atoms with Crippen LogP contribution >= 0.6 is 0 Å². The molecule has 0 aliphatic carbocycles. The van der Waals surface area contributed by atoms with Crippen LogP contribution in [-0.2, 0) is 9.59 Å². The molecule has 1 aromatic rings. The summed E-state index contributed by atoms with van der Waals surface area (Å²) in [6.45, 7) is 4.96. The highest BCUT2D eigenvalue weighted by Crippen LogP contribution is 2.30. The van der Waals surface area contributed by atoms with Crippen molar-refractivity contribution in [2.24, 2.45) is 5.92 Å². The summed E-state index contributed by atoms with van der Waals surface area (Å²) in [7, 11) is 0. The average Bonchev–Trinajstić information content (AvgIpc) is 2.39. The summed E-state index contributed by atoms with van der Waals surface area (Å²) < 4.78 is 0. The number of hydrogen-bond acceptors (Lipinski definition) is 3. The lowest BCUT2D eigenvalue weighted by atomic mass is 9.87. The second-order valence-electron chi connectivity index (χ2n) is 4.75. The normalized spacial score (nSPS) is 15.8. The number of para-hydroxylation sites is 1. The zero-order valence-electron chi connectivity index (χ0n) is 11.4. The number of carbonyl (C=O) groups is 2. The summed E-state index contributed by atoms with van der Waals surface area (Å²) in [5.74, 6) is -0.143. The molecule has 0 saturated heterocycles. The van der Waals surface area contributed by atoms with Gasteiger partial charge in [0.1, 0.15) is 0 Å². The second kappa shape index (κ2) is 5.22. The van der Waals surface area contributed by atoms with Crippen molar-refractivity contribution in [1.82, 2.24) is 0 Å². The summed E-state index contributed by atoms with van der Waals surface area (Å²) >= 11 is 0. The molecule has 1 aliphatic rings. The fourth-order valence-corrected chi connectivity index (χ4v) is 2.27. The molecular weight excluding hydrogens is 238 g/mol. The van der Waals surface area contributed by atoms with E-state index in [0.29, 0.717) is 11.1 Å². The van der Waals surface area contributed by atoms with Gasteiger partial charge in [0.25, 0.3) is 0 Å². The molecule has 0 aromatic heterocycles. The van der Waals surface area contributed by atoms with E-state index in [4.69, 9.17) is 0 Å². The van der Waals surface area contributed by atoms with E-state index < -0.39 is 0 Å². The molecule has 0 amide bonds. The smallest absolute Gasteiger partial charge is 0.157 e. The van der Waals surface area contributed by atoms with Crippen molar-refractivity contribution in [3.63, 3.8) is 0 Å². The number of carbonyl (C=O) groups excluding carboxylic acids is 2. The Morgan fingerprint density at radius 1 is 0.947 bits per heavy atom. The maximum Gasteiger partial charge on any atom is 0.157 e. The van der Waals surface area contributed by atoms with Crippen molar-refractivity contribution < 1.29 is 9.59 Å². The van der Waals surface area contributed by atoms with Gasteiger partial charge in [0.15, 0.2) is 11.6 Å². The van der Waals surface area contributed by atoms with Crippen LogP contribution in [-0.4, -0.2) is 11.6 Å². The Labute approximate surface area is 113 Å². The van der Waals surface area contributed by atoms with Gasteiger partial charge in [-0.2, -0.15) is 0 Å². The van der Waals surface area contributed by atoms with Crippen LogP contribution in [0.25, 0.3) is 0 Å². The quantitative estimate of drug-likeness (QED) is 0.833. The van der Waals surface area contributed by atoms with E-state index >= 15 is 0 Å². The number of hydrogen-bond donors (Lipinski definition) is 0. The predicted octanol–water partition coefficient (Wildman–Crippen LogP) is 3.09. The van der Waals surface area contributed by atoms with Gasteiger partial charge in [0.05, 0.1) is 0 Å². The molecule has 98 valence electrons.